The highest BCUT2D eigenvalue weighted by molar-refractivity contribution is 5.79. The van der Waals surface area contributed by atoms with E-state index >= 15 is 0 Å². The summed E-state index contributed by atoms with van der Waals surface area (Å²) in [5.74, 6) is 0.931. The van der Waals surface area contributed by atoms with Crippen LogP contribution in [0.2, 0.25) is 0 Å². The first-order valence-electron chi connectivity index (χ1n) is 9.46. The van der Waals surface area contributed by atoms with Gasteiger partial charge in [-0.1, -0.05) is 44.2 Å². The second kappa shape index (κ2) is 9.67. The second-order valence-electron chi connectivity index (χ2n) is 6.73. The van der Waals surface area contributed by atoms with Gasteiger partial charge in [-0.2, -0.15) is 0 Å². The Hall–Kier alpha value is -1.55. The second-order valence-corrected chi connectivity index (χ2v) is 6.73. The van der Waals surface area contributed by atoms with E-state index in [0.717, 1.165) is 32.1 Å². The van der Waals surface area contributed by atoms with Crippen LogP contribution in [0.25, 0.3) is 0 Å². The summed E-state index contributed by atoms with van der Waals surface area (Å²) in [7, 11) is 1.85. The van der Waals surface area contributed by atoms with Gasteiger partial charge in [0.25, 0.3) is 0 Å². The Morgan fingerprint density at radius 3 is 2.38 bits per heavy atom. The molecule has 2 N–H and O–H groups in total. The Labute approximate surface area is 147 Å². The maximum absolute atomic E-state index is 4.36. The number of hydrogen-bond donors (Lipinski definition) is 2. The van der Waals surface area contributed by atoms with Gasteiger partial charge in [0.05, 0.1) is 0 Å². The molecule has 1 aliphatic rings. The van der Waals surface area contributed by atoms with Crippen LogP contribution in [-0.4, -0.2) is 50.6 Å². The van der Waals surface area contributed by atoms with Gasteiger partial charge in [-0.3, -0.25) is 4.99 Å². The fourth-order valence-electron chi connectivity index (χ4n) is 3.19. The lowest BCUT2D eigenvalue weighted by Crippen LogP contribution is -2.41. The van der Waals surface area contributed by atoms with E-state index in [9.17, 15) is 0 Å². The molecule has 134 valence electrons. The van der Waals surface area contributed by atoms with Crippen molar-refractivity contribution in [1.82, 2.24) is 15.5 Å². The summed E-state index contributed by atoms with van der Waals surface area (Å²) in [5.41, 5.74) is 1.77. The topological polar surface area (TPSA) is 39.7 Å². The van der Waals surface area contributed by atoms with Crippen molar-refractivity contribution in [2.45, 2.75) is 44.9 Å². The van der Waals surface area contributed by atoms with E-state index in [-0.39, 0.29) is 0 Å². The lowest BCUT2D eigenvalue weighted by molar-refractivity contribution is 0.297. The average Bonchev–Trinajstić information content (AvgIpc) is 3.42. The minimum atomic E-state index is 0.321. The van der Waals surface area contributed by atoms with Crippen LogP contribution in [0.4, 0.5) is 0 Å². The molecule has 0 aliphatic heterocycles. The molecular weight excluding hydrogens is 296 g/mol. The zero-order valence-electron chi connectivity index (χ0n) is 15.6. The van der Waals surface area contributed by atoms with Crippen molar-refractivity contribution in [2.75, 3.05) is 39.8 Å². The van der Waals surface area contributed by atoms with Crippen LogP contribution in [0.1, 0.15) is 45.1 Å². The third-order valence-corrected chi connectivity index (χ3v) is 5.15. The predicted molar refractivity (Wildman–Crippen MR) is 104 cm³/mol. The molecule has 0 radical (unpaired) electrons. The quantitative estimate of drug-likeness (QED) is 0.393. The molecule has 2 rings (SSSR count). The first kappa shape index (κ1) is 18.8. The van der Waals surface area contributed by atoms with E-state index < -0.39 is 0 Å². The van der Waals surface area contributed by atoms with Crippen LogP contribution in [0.3, 0.4) is 0 Å². The number of benzene rings is 1. The number of nitrogens with zero attached hydrogens (tertiary/aromatic N) is 2. The molecule has 0 unspecified atom stereocenters. The number of guanidine groups is 1. The fourth-order valence-corrected chi connectivity index (χ4v) is 3.19. The van der Waals surface area contributed by atoms with E-state index in [1.165, 1.54) is 37.8 Å². The highest BCUT2D eigenvalue weighted by Gasteiger charge is 2.43. The van der Waals surface area contributed by atoms with E-state index in [2.05, 4.69) is 64.7 Å². The maximum Gasteiger partial charge on any atom is 0.191 e. The zero-order chi connectivity index (χ0) is 17.3. The average molecular weight is 331 g/mol. The molecule has 0 spiro atoms. The molecule has 1 saturated carbocycles. The lowest BCUT2D eigenvalue weighted by Gasteiger charge is -2.20. The standard InChI is InChI=1S/C20H34N4/c1-4-24(5-2)16-10-9-15-22-19(21-3)23-17-20(13-14-20)18-11-7-6-8-12-18/h6-8,11-12H,4-5,9-10,13-17H2,1-3H3,(H2,21,22,23). The minimum absolute atomic E-state index is 0.321. The zero-order valence-corrected chi connectivity index (χ0v) is 15.6. The van der Waals surface area contributed by atoms with Gasteiger partial charge in [0, 0.05) is 25.6 Å². The molecule has 1 aromatic carbocycles. The summed E-state index contributed by atoms with van der Waals surface area (Å²) >= 11 is 0. The van der Waals surface area contributed by atoms with Crippen molar-refractivity contribution in [1.29, 1.82) is 0 Å². The Morgan fingerprint density at radius 2 is 1.79 bits per heavy atom. The van der Waals surface area contributed by atoms with Gasteiger partial charge in [-0.15, -0.1) is 0 Å². The molecule has 0 heterocycles. The third-order valence-electron chi connectivity index (χ3n) is 5.15. The fraction of sp³-hybridized carbons (Fsp3) is 0.650. The number of rotatable bonds is 10. The summed E-state index contributed by atoms with van der Waals surface area (Å²) in [6.07, 6.45) is 4.95. The van der Waals surface area contributed by atoms with Crippen LogP contribution >= 0.6 is 0 Å². The van der Waals surface area contributed by atoms with Crippen molar-refractivity contribution < 1.29 is 0 Å². The summed E-state index contributed by atoms with van der Waals surface area (Å²) in [4.78, 5) is 6.84. The van der Waals surface area contributed by atoms with Crippen molar-refractivity contribution in [3.8, 4) is 0 Å². The molecular formula is C20H34N4. The maximum atomic E-state index is 4.36. The molecule has 0 atom stereocenters. The molecule has 0 saturated heterocycles. The van der Waals surface area contributed by atoms with E-state index in [4.69, 9.17) is 0 Å². The number of hydrogen-bond acceptors (Lipinski definition) is 2. The van der Waals surface area contributed by atoms with E-state index in [0.29, 0.717) is 5.41 Å². The van der Waals surface area contributed by atoms with Gasteiger partial charge >= 0.3 is 0 Å². The normalized spacial score (nSPS) is 16.2. The summed E-state index contributed by atoms with van der Waals surface area (Å²) in [6.45, 7) is 9.90. The molecule has 0 bridgehead atoms. The van der Waals surface area contributed by atoms with Gasteiger partial charge in [-0.05, 0) is 50.9 Å². The number of aliphatic imine (C=N–C) groups is 1. The molecule has 4 heteroatoms. The van der Waals surface area contributed by atoms with Gasteiger partial charge in [0.15, 0.2) is 5.96 Å². The van der Waals surface area contributed by atoms with Crippen molar-refractivity contribution in [2.24, 2.45) is 4.99 Å². The van der Waals surface area contributed by atoms with Crippen LogP contribution in [0.5, 0.6) is 0 Å². The van der Waals surface area contributed by atoms with Crippen LogP contribution in [0.15, 0.2) is 35.3 Å². The molecule has 1 fully saturated rings. The van der Waals surface area contributed by atoms with Gasteiger partial charge < -0.3 is 15.5 Å². The van der Waals surface area contributed by atoms with E-state index in [1.54, 1.807) is 0 Å². The molecule has 0 aromatic heterocycles. The van der Waals surface area contributed by atoms with Crippen molar-refractivity contribution >= 4 is 5.96 Å². The monoisotopic (exact) mass is 330 g/mol. The Kier molecular flexibility index (Phi) is 7.57. The Balaban J connectivity index is 1.66. The predicted octanol–water partition coefficient (Wildman–Crippen LogP) is 3.01. The highest BCUT2D eigenvalue weighted by Crippen LogP contribution is 2.47. The molecule has 0 amide bonds. The molecule has 4 nitrogen and oxygen atoms in total. The lowest BCUT2D eigenvalue weighted by atomic mass is 9.96. The Morgan fingerprint density at radius 1 is 1.08 bits per heavy atom. The van der Waals surface area contributed by atoms with E-state index in [1.807, 2.05) is 7.05 Å². The highest BCUT2D eigenvalue weighted by atomic mass is 15.2. The van der Waals surface area contributed by atoms with Gasteiger partial charge in [0.2, 0.25) is 0 Å². The first-order chi connectivity index (χ1) is 11.7. The molecule has 1 aliphatic carbocycles. The van der Waals surface area contributed by atoms with Crippen molar-refractivity contribution in [3.05, 3.63) is 35.9 Å². The van der Waals surface area contributed by atoms with Crippen LogP contribution < -0.4 is 10.6 Å². The van der Waals surface area contributed by atoms with Gasteiger partial charge in [-0.25, -0.2) is 0 Å². The smallest absolute Gasteiger partial charge is 0.191 e. The SMILES string of the molecule is CCN(CC)CCCCNC(=NC)NCC1(c2ccccc2)CC1. The largest absolute Gasteiger partial charge is 0.356 e. The van der Waals surface area contributed by atoms with Crippen LogP contribution in [0, 0.1) is 0 Å². The number of nitrogens with one attached hydrogen (secondary N) is 2. The molecule has 1 aromatic rings. The van der Waals surface area contributed by atoms with Crippen LogP contribution in [-0.2, 0) is 5.41 Å². The summed E-state index contributed by atoms with van der Waals surface area (Å²) in [6, 6.07) is 10.9. The van der Waals surface area contributed by atoms with Crippen molar-refractivity contribution in [3.63, 3.8) is 0 Å². The Bertz CT molecular complexity index is 490. The first-order valence-corrected chi connectivity index (χ1v) is 9.46. The summed E-state index contributed by atoms with van der Waals surface area (Å²) < 4.78 is 0. The summed E-state index contributed by atoms with van der Waals surface area (Å²) in [5, 5.41) is 6.97. The third kappa shape index (κ3) is 5.52. The number of unbranched alkanes of at least 4 members (excludes halogenated alkanes) is 1. The molecule has 24 heavy (non-hydrogen) atoms. The minimum Gasteiger partial charge on any atom is -0.356 e. The van der Waals surface area contributed by atoms with Gasteiger partial charge in [0.1, 0.15) is 0 Å².